The summed E-state index contributed by atoms with van der Waals surface area (Å²) in [6.07, 6.45) is -3.17. The minimum absolute atomic E-state index is 0.148. The first kappa shape index (κ1) is 31.0. The fourth-order valence-corrected chi connectivity index (χ4v) is 4.66. The minimum Gasteiger partial charge on any atom is -0.496 e. The molecule has 1 saturated heterocycles. The second-order valence-electron chi connectivity index (χ2n) is 9.71. The molecule has 1 fully saturated rings. The van der Waals surface area contributed by atoms with Gasteiger partial charge in [-0.2, -0.15) is 13.2 Å². The van der Waals surface area contributed by atoms with E-state index in [4.69, 9.17) is 9.47 Å². The van der Waals surface area contributed by atoms with Crippen molar-refractivity contribution in [3.8, 4) is 5.75 Å². The Morgan fingerprint density at radius 2 is 1.95 bits per heavy atom. The molecule has 4 rings (SSSR count). The van der Waals surface area contributed by atoms with Gasteiger partial charge < -0.3 is 30.4 Å². The van der Waals surface area contributed by atoms with Gasteiger partial charge in [-0.1, -0.05) is 6.07 Å². The van der Waals surface area contributed by atoms with Crippen LogP contribution in [0.4, 0.5) is 13.2 Å². The summed E-state index contributed by atoms with van der Waals surface area (Å²) in [6, 6.07) is 7.39. The molecule has 2 atom stereocenters. The summed E-state index contributed by atoms with van der Waals surface area (Å²) in [6.45, 7) is -1.07. The van der Waals surface area contributed by atoms with Crippen LogP contribution in [0, 0.1) is 5.92 Å². The van der Waals surface area contributed by atoms with Gasteiger partial charge in [-0.05, 0) is 49.6 Å². The molecule has 0 spiro atoms. The fourth-order valence-electron chi connectivity index (χ4n) is 4.66. The van der Waals surface area contributed by atoms with Crippen molar-refractivity contribution in [2.45, 2.75) is 31.5 Å². The number of piperidine rings is 1. The van der Waals surface area contributed by atoms with E-state index in [-0.39, 0.29) is 18.0 Å². The minimum atomic E-state index is -4.94. The third kappa shape index (κ3) is 7.67. The zero-order chi connectivity index (χ0) is 31.1. The molecule has 43 heavy (non-hydrogen) atoms. The summed E-state index contributed by atoms with van der Waals surface area (Å²) in [5, 5.41) is 8.19. The average molecular weight is 604 g/mol. The number of carbonyl (C=O) groups is 5. The number of carbonyl (C=O) groups excluding carboxylic acids is 5. The summed E-state index contributed by atoms with van der Waals surface area (Å²) in [5.41, 5.74) is -1.57. The number of methoxy groups -OCH3 is 1. The van der Waals surface area contributed by atoms with E-state index in [1.165, 1.54) is 7.11 Å². The van der Waals surface area contributed by atoms with E-state index in [2.05, 4.69) is 25.9 Å². The first-order valence-corrected chi connectivity index (χ1v) is 13.2. The molecule has 0 radical (unpaired) electrons. The second-order valence-corrected chi connectivity index (χ2v) is 9.71. The number of ether oxygens (including phenoxy) is 2. The molecule has 0 bridgehead atoms. The van der Waals surface area contributed by atoms with Crippen molar-refractivity contribution in [3.63, 3.8) is 0 Å². The van der Waals surface area contributed by atoms with Gasteiger partial charge in [-0.15, -0.1) is 0 Å². The Bertz CT molecular complexity index is 1540. The monoisotopic (exact) mass is 603 g/mol. The van der Waals surface area contributed by atoms with Crippen molar-refractivity contribution in [2.24, 2.45) is 5.92 Å². The topological polar surface area (TPSA) is 169 Å². The third-order valence-electron chi connectivity index (χ3n) is 6.78. The van der Waals surface area contributed by atoms with Gasteiger partial charge in [0.25, 0.3) is 5.91 Å². The van der Waals surface area contributed by atoms with Gasteiger partial charge in [0, 0.05) is 29.6 Å². The van der Waals surface area contributed by atoms with Gasteiger partial charge in [0.15, 0.2) is 18.1 Å². The number of hydrogen-bond acceptors (Lipinski definition) is 8. The molecule has 15 heteroatoms. The lowest BCUT2D eigenvalue weighted by atomic mass is 9.90. The van der Waals surface area contributed by atoms with Crippen LogP contribution in [-0.4, -0.2) is 72.3 Å². The number of amides is 3. The highest BCUT2D eigenvalue weighted by Crippen LogP contribution is 2.30. The SMILES string of the molecule is COc1cccc2[nH]c(C(=O)NCC(=O)NC(C[C@@H]3CCCNC3=O)C(=O)COC(=O)c3cccnc3C(F)(F)F)cc12. The lowest BCUT2D eigenvalue weighted by Crippen LogP contribution is -2.49. The second kappa shape index (κ2) is 13.4. The zero-order valence-electron chi connectivity index (χ0n) is 22.9. The van der Waals surface area contributed by atoms with E-state index < -0.39 is 66.1 Å². The lowest BCUT2D eigenvalue weighted by Gasteiger charge is -2.26. The molecule has 4 N–H and O–H groups in total. The Morgan fingerprint density at radius 3 is 2.67 bits per heavy atom. The highest BCUT2D eigenvalue weighted by Gasteiger charge is 2.38. The van der Waals surface area contributed by atoms with Crippen molar-refractivity contribution in [3.05, 3.63) is 59.5 Å². The molecule has 0 saturated carbocycles. The van der Waals surface area contributed by atoms with Crippen LogP contribution in [0.1, 0.15) is 45.8 Å². The summed E-state index contributed by atoms with van der Waals surface area (Å²) >= 11 is 0. The molecule has 3 heterocycles. The Balaban J connectivity index is 1.41. The number of fused-ring (bicyclic) bond motifs is 1. The maximum absolute atomic E-state index is 13.2. The predicted molar refractivity (Wildman–Crippen MR) is 144 cm³/mol. The molecular formula is C28H28F3N5O7. The molecule has 12 nitrogen and oxygen atoms in total. The van der Waals surface area contributed by atoms with E-state index in [0.717, 1.165) is 18.3 Å². The molecule has 3 amide bonds. The van der Waals surface area contributed by atoms with Gasteiger partial charge in [-0.25, -0.2) is 4.79 Å². The van der Waals surface area contributed by atoms with Crippen molar-refractivity contribution >= 4 is 40.4 Å². The Hall–Kier alpha value is -4.95. The van der Waals surface area contributed by atoms with Crippen LogP contribution in [0.3, 0.4) is 0 Å². The number of aromatic nitrogens is 2. The summed E-state index contributed by atoms with van der Waals surface area (Å²) in [5.74, 6) is -4.13. The van der Waals surface area contributed by atoms with Gasteiger partial charge in [0.2, 0.25) is 11.8 Å². The Morgan fingerprint density at radius 1 is 1.16 bits per heavy atom. The van der Waals surface area contributed by atoms with Crippen LogP contribution < -0.4 is 20.7 Å². The Kier molecular flexibility index (Phi) is 9.63. The van der Waals surface area contributed by atoms with Crippen LogP contribution in [0.5, 0.6) is 5.75 Å². The van der Waals surface area contributed by atoms with Crippen LogP contribution in [-0.2, 0) is 25.3 Å². The van der Waals surface area contributed by atoms with Gasteiger partial charge in [-0.3, -0.25) is 24.2 Å². The number of rotatable bonds is 11. The standard InChI is InChI=1S/C28H28F3N5O7/c1-42-22-8-2-7-18-17(22)12-20(35-18)26(40)34-13-23(38)36-19(11-15-5-3-10-33-25(15)39)21(37)14-43-27(41)16-6-4-9-32-24(16)28(29,30)31/h2,4,6-9,12,15,19,35H,3,5,10-11,13-14H2,1H3,(H,33,39)(H,34,40)(H,36,38)/t15-,19?/m0/s1. The van der Waals surface area contributed by atoms with Crippen molar-refractivity contribution < 1.29 is 46.6 Å². The maximum Gasteiger partial charge on any atom is 0.434 e. The number of halogens is 3. The molecule has 1 aliphatic rings. The number of nitrogens with zero attached hydrogens (tertiary/aromatic N) is 1. The third-order valence-corrected chi connectivity index (χ3v) is 6.78. The number of ketones is 1. The summed E-state index contributed by atoms with van der Waals surface area (Å²) < 4.78 is 49.8. The predicted octanol–water partition coefficient (Wildman–Crippen LogP) is 2.15. The normalized spacial score (nSPS) is 15.7. The highest BCUT2D eigenvalue weighted by atomic mass is 19.4. The van der Waals surface area contributed by atoms with Gasteiger partial charge in [0.1, 0.15) is 11.4 Å². The lowest BCUT2D eigenvalue weighted by molar-refractivity contribution is -0.141. The molecule has 2 aromatic heterocycles. The molecular weight excluding hydrogens is 575 g/mol. The van der Waals surface area contributed by atoms with Gasteiger partial charge >= 0.3 is 12.1 Å². The number of H-pyrrole nitrogens is 1. The van der Waals surface area contributed by atoms with Crippen LogP contribution in [0.2, 0.25) is 0 Å². The molecule has 228 valence electrons. The van der Waals surface area contributed by atoms with E-state index >= 15 is 0 Å². The number of nitrogens with one attached hydrogen (secondary N) is 4. The van der Waals surface area contributed by atoms with Crippen molar-refractivity contribution in [1.29, 1.82) is 0 Å². The maximum atomic E-state index is 13.2. The van der Waals surface area contributed by atoms with Crippen molar-refractivity contribution in [1.82, 2.24) is 25.9 Å². The van der Waals surface area contributed by atoms with E-state index in [0.29, 0.717) is 36.0 Å². The smallest absolute Gasteiger partial charge is 0.434 e. The molecule has 1 unspecified atom stereocenters. The van der Waals surface area contributed by atoms with Gasteiger partial charge in [0.05, 0.1) is 25.3 Å². The van der Waals surface area contributed by atoms with Crippen LogP contribution >= 0.6 is 0 Å². The molecule has 0 aliphatic carbocycles. The molecule has 3 aromatic rings. The average Bonchev–Trinajstić information content (AvgIpc) is 3.43. The van der Waals surface area contributed by atoms with E-state index in [1.54, 1.807) is 24.3 Å². The molecule has 1 aliphatic heterocycles. The molecule has 1 aromatic carbocycles. The van der Waals surface area contributed by atoms with Crippen molar-refractivity contribution in [2.75, 3.05) is 26.8 Å². The number of alkyl halides is 3. The summed E-state index contributed by atoms with van der Waals surface area (Å²) in [4.78, 5) is 69.3. The number of esters is 1. The van der Waals surface area contributed by atoms with E-state index in [1.807, 2.05) is 0 Å². The van der Waals surface area contributed by atoms with E-state index in [9.17, 15) is 37.1 Å². The Labute approximate surface area is 242 Å². The number of Topliss-reactive ketones (excluding diaryl/α,β-unsaturated/α-hetero) is 1. The number of hydrogen-bond donors (Lipinski definition) is 4. The number of pyridine rings is 1. The number of aromatic amines is 1. The zero-order valence-corrected chi connectivity index (χ0v) is 22.9. The van der Waals surface area contributed by atoms with Crippen LogP contribution in [0.15, 0.2) is 42.6 Å². The fraction of sp³-hybridized carbons (Fsp3) is 0.357. The first-order valence-electron chi connectivity index (χ1n) is 13.2. The first-order chi connectivity index (χ1) is 20.5. The van der Waals surface area contributed by atoms with Crippen LogP contribution in [0.25, 0.3) is 10.9 Å². The number of benzene rings is 1. The summed E-state index contributed by atoms with van der Waals surface area (Å²) in [7, 11) is 1.49. The largest absolute Gasteiger partial charge is 0.496 e. The highest BCUT2D eigenvalue weighted by molar-refractivity contribution is 6.01. The quantitative estimate of drug-likeness (QED) is 0.242.